The Hall–Kier alpha value is -7.13. The van der Waals surface area contributed by atoms with Crippen molar-refractivity contribution in [2.24, 2.45) is 0 Å². The third-order valence-corrected chi connectivity index (χ3v) is 12.2. The number of nitrogens with one attached hydrogen (secondary N) is 2. The number of anilines is 4. The average molecular weight is 931 g/mol. The van der Waals surface area contributed by atoms with Crippen molar-refractivity contribution in [1.82, 2.24) is 15.0 Å². The van der Waals surface area contributed by atoms with Gasteiger partial charge in [-0.25, -0.2) is 15.0 Å². The van der Waals surface area contributed by atoms with Gasteiger partial charge in [-0.1, -0.05) is 194 Å². The molecular formula is C59H42Cl2N5NaO. The molecule has 0 aliphatic rings. The first-order valence-corrected chi connectivity index (χ1v) is 22.0. The van der Waals surface area contributed by atoms with Crippen LogP contribution in [-0.4, -0.2) is 20.4 Å². The first-order valence-electron chi connectivity index (χ1n) is 21.6. The number of aromatic nitrogens is 3. The molecule has 0 saturated carbocycles. The van der Waals surface area contributed by atoms with E-state index in [9.17, 15) is 0 Å². The maximum absolute atomic E-state index is 6.33. The van der Waals surface area contributed by atoms with E-state index in [1.807, 2.05) is 72.8 Å². The van der Waals surface area contributed by atoms with E-state index in [0.29, 0.717) is 0 Å². The van der Waals surface area contributed by atoms with Crippen molar-refractivity contribution >= 4 is 134 Å². The van der Waals surface area contributed by atoms with Gasteiger partial charge in [0.2, 0.25) is 0 Å². The minimum Gasteiger partial charge on any atom is -0.870 e. The molecule has 0 bridgehead atoms. The predicted molar refractivity (Wildman–Crippen MR) is 286 cm³/mol. The standard InChI is InChI=1S/2C23H16N2.C13H8ClN.ClH.Na.H2O/c2*1-2-10-17-16(8-1)9-7-15-20(17)25-23-18-11-3-5-13-21(18)24-22-14-6-4-12-19(22)23;14-13-9-5-1-3-7-11(9)15-12-8-4-2-6-10(12)13;;;/h2*1-15H,(H,24,25);1-8H;1H;;1H2/q;;;;+1;/p-1. The van der Waals surface area contributed by atoms with Crippen molar-refractivity contribution in [2.45, 2.75) is 0 Å². The predicted octanol–water partition coefficient (Wildman–Crippen LogP) is 13.9. The Kier molecular flexibility index (Phi) is 14.8. The summed E-state index contributed by atoms with van der Waals surface area (Å²) in [4.78, 5) is 14.2. The van der Waals surface area contributed by atoms with Crippen LogP contribution in [0.2, 0.25) is 5.02 Å². The Bertz CT molecular complexity index is 3540. The average Bonchev–Trinajstić information content (AvgIpc) is 3.37. The number of para-hydroxylation sites is 6. The number of halogens is 2. The molecule has 0 atom stereocenters. The minimum absolute atomic E-state index is 0. The first-order chi connectivity index (χ1) is 32.2. The molecule has 0 aliphatic carbocycles. The summed E-state index contributed by atoms with van der Waals surface area (Å²) in [5.41, 5.74) is 10.3. The summed E-state index contributed by atoms with van der Waals surface area (Å²) >= 11 is 6.33. The van der Waals surface area contributed by atoms with Gasteiger partial charge in [-0.2, -0.15) is 0 Å². The van der Waals surface area contributed by atoms with Gasteiger partial charge in [0.25, 0.3) is 0 Å². The van der Waals surface area contributed by atoms with Crippen LogP contribution in [0.4, 0.5) is 22.7 Å². The first kappa shape index (κ1) is 47.4. The Balaban J connectivity index is 0.000000139. The molecule has 3 N–H and O–H groups in total. The molecule has 0 unspecified atom stereocenters. The summed E-state index contributed by atoms with van der Waals surface area (Å²) in [5, 5.41) is 19.6. The number of hydrogen-bond acceptors (Lipinski definition) is 6. The zero-order chi connectivity index (χ0) is 43.5. The van der Waals surface area contributed by atoms with Crippen molar-refractivity contribution in [1.29, 1.82) is 0 Å². The molecule has 0 saturated heterocycles. The van der Waals surface area contributed by atoms with E-state index >= 15 is 0 Å². The summed E-state index contributed by atoms with van der Waals surface area (Å²) in [6.45, 7) is 0. The van der Waals surface area contributed by atoms with Crippen molar-refractivity contribution in [3.63, 3.8) is 0 Å². The maximum atomic E-state index is 6.33. The molecule has 13 aromatic rings. The van der Waals surface area contributed by atoms with Gasteiger partial charge in [-0.05, 0) is 59.3 Å². The minimum atomic E-state index is 0. The van der Waals surface area contributed by atoms with Crippen LogP contribution in [0.25, 0.3) is 87.0 Å². The zero-order valence-electron chi connectivity index (χ0n) is 37.0. The van der Waals surface area contributed by atoms with Gasteiger partial charge in [0, 0.05) is 54.5 Å². The molecule has 0 spiro atoms. The normalized spacial score (nSPS) is 10.7. The topological polar surface area (TPSA) is 92.7 Å². The van der Waals surface area contributed by atoms with E-state index in [1.54, 1.807) is 0 Å². The quantitative estimate of drug-likeness (QED) is 0.135. The molecule has 3 aromatic heterocycles. The fourth-order valence-corrected chi connectivity index (χ4v) is 9.00. The van der Waals surface area contributed by atoms with Crippen LogP contribution >= 0.6 is 24.0 Å². The van der Waals surface area contributed by atoms with Crippen molar-refractivity contribution in [3.05, 3.63) is 236 Å². The third-order valence-electron chi connectivity index (χ3n) is 11.8. The van der Waals surface area contributed by atoms with Crippen molar-refractivity contribution in [2.75, 3.05) is 10.6 Å². The summed E-state index contributed by atoms with van der Waals surface area (Å²) in [5.74, 6) is 0. The van der Waals surface area contributed by atoms with Gasteiger partial charge in [0.05, 0.1) is 49.5 Å². The second kappa shape index (κ2) is 21.2. The number of pyridine rings is 3. The van der Waals surface area contributed by atoms with Crippen LogP contribution in [0.3, 0.4) is 0 Å². The molecule has 324 valence electrons. The fourth-order valence-electron chi connectivity index (χ4n) is 8.68. The van der Waals surface area contributed by atoms with Gasteiger partial charge in [-0.3, -0.25) is 0 Å². The Morgan fingerprint density at radius 3 is 0.838 bits per heavy atom. The fraction of sp³-hybridized carbons (Fsp3) is 0. The van der Waals surface area contributed by atoms with Crippen LogP contribution in [-0.2, 0) is 0 Å². The van der Waals surface area contributed by atoms with Crippen LogP contribution in [0, 0.1) is 0 Å². The molecule has 0 amide bonds. The van der Waals surface area contributed by atoms with Crippen LogP contribution < -0.4 is 40.2 Å². The van der Waals surface area contributed by atoms with Crippen molar-refractivity contribution < 1.29 is 35.0 Å². The van der Waals surface area contributed by atoms with Crippen LogP contribution in [0.1, 0.15) is 0 Å². The molecule has 0 radical (unpaired) electrons. The summed E-state index contributed by atoms with van der Waals surface area (Å²) in [6.07, 6.45) is 0. The van der Waals surface area contributed by atoms with Crippen molar-refractivity contribution in [3.8, 4) is 0 Å². The molecule has 0 fully saturated rings. The molecule has 9 heteroatoms. The number of nitrogens with zero attached hydrogens (tertiary/aromatic N) is 3. The smallest absolute Gasteiger partial charge is 0.870 e. The van der Waals surface area contributed by atoms with Gasteiger partial charge >= 0.3 is 29.6 Å². The number of fused-ring (bicyclic) bond motifs is 8. The van der Waals surface area contributed by atoms with Gasteiger partial charge in [-0.15, -0.1) is 12.4 Å². The second-order valence-electron chi connectivity index (χ2n) is 15.8. The molecule has 6 nitrogen and oxygen atoms in total. The monoisotopic (exact) mass is 929 g/mol. The number of benzene rings is 10. The van der Waals surface area contributed by atoms with E-state index in [2.05, 4.69) is 173 Å². The summed E-state index contributed by atoms with van der Waals surface area (Å²) in [6, 6.07) is 78.6. The molecular weight excluding hydrogens is 889 g/mol. The zero-order valence-corrected chi connectivity index (χ0v) is 40.6. The number of rotatable bonds is 4. The Labute approximate surface area is 426 Å². The van der Waals surface area contributed by atoms with Crippen LogP contribution in [0.15, 0.2) is 231 Å². The second-order valence-corrected chi connectivity index (χ2v) is 16.2. The van der Waals surface area contributed by atoms with E-state index in [4.69, 9.17) is 21.6 Å². The molecule has 13 rings (SSSR count). The third kappa shape index (κ3) is 9.39. The van der Waals surface area contributed by atoms with E-state index in [1.165, 1.54) is 21.5 Å². The van der Waals surface area contributed by atoms with Gasteiger partial charge < -0.3 is 16.1 Å². The largest absolute Gasteiger partial charge is 1.00 e. The molecule has 3 heterocycles. The molecule has 68 heavy (non-hydrogen) atoms. The number of hydrogen-bond donors (Lipinski definition) is 2. The van der Waals surface area contributed by atoms with E-state index in [0.717, 1.165) is 93.2 Å². The van der Waals surface area contributed by atoms with E-state index < -0.39 is 0 Å². The summed E-state index contributed by atoms with van der Waals surface area (Å²) in [7, 11) is 0. The van der Waals surface area contributed by atoms with Crippen LogP contribution in [0.5, 0.6) is 0 Å². The SMILES string of the molecule is Cl.Clc1c2ccccc2nc2ccccc12.[Na+].[OH-].c1ccc2c(Nc3c4ccccc4nc4ccccc34)cccc2c1.c1ccc2c(Nc3c4ccccc4nc4ccccc34)cccc2c1. The Morgan fingerprint density at radius 1 is 0.279 bits per heavy atom. The van der Waals surface area contributed by atoms with Gasteiger partial charge in [0.15, 0.2) is 0 Å². The summed E-state index contributed by atoms with van der Waals surface area (Å²) < 4.78 is 0. The molecule has 0 aliphatic heterocycles. The maximum Gasteiger partial charge on any atom is 1.00 e. The van der Waals surface area contributed by atoms with E-state index in [-0.39, 0.29) is 47.4 Å². The Morgan fingerprint density at radius 2 is 0.515 bits per heavy atom. The molecule has 10 aromatic carbocycles. The van der Waals surface area contributed by atoms with Gasteiger partial charge in [0.1, 0.15) is 0 Å².